The first-order valence-electron chi connectivity index (χ1n) is 8.75. The molecule has 0 bridgehead atoms. The maximum absolute atomic E-state index is 13.0. The van der Waals surface area contributed by atoms with Crippen LogP contribution in [-0.4, -0.2) is 42.9 Å². The van der Waals surface area contributed by atoms with Crippen LogP contribution in [0.4, 0.5) is 5.69 Å². The van der Waals surface area contributed by atoms with Crippen molar-refractivity contribution < 1.29 is 22.8 Å². The summed E-state index contributed by atoms with van der Waals surface area (Å²) in [7, 11) is -3.86. The van der Waals surface area contributed by atoms with Crippen LogP contribution in [0.2, 0.25) is 15.1 Å². The molecule has 0 radical (unpaired) electrons. The third kappa shape index (κ3) is 4.82. The predicted octanol–water partition coefficient (Wildman–Crippen LogP) is 5.15. The van der Waals surface area contributed by atoms with E-state index in [0.717, 1.165) is 6.07 Å². The summed E-state index contributed by atoms with van der Waals surface area (Å²) in [4.78, 5) is 10.2. The van der Waals surface area contributed by atoms with E-state index in [-0.39, 0.29) is 62.4 Å². The van der Waals surface area contributed by atoms with Crippen molar-refractivity contribution in [1.82, 2.24) is 4.31 Å². The van der Waals surface area contributed by atoms with Crippen molar-refractivity contribution in [2.75, 3.05) is 13.1 Å². The number of benzene rings is 2. The first kappa shape index (κ1) is 23.1. The molecule has 162 valence electrons. The van der Waals surface area contributed by atoms with Crippen LogP contribution in [-0.2, 0) is 14.8 Å². The van der Waals surface area contributed by atoms with E-state index in [9.17, 15) is 18.5 Å². The van der Waals surface area contributed by atoms with Crippen LogP contribution in [0.15, 0.2) is 35.2 Å². The maximum atomic E-state index is 13.0. The minimum atomic E-state index is -3.86. The molecule has 0 aromatic heterocycles. The molecular formula is C18H17Cl3N2O6S. The van der Waals surface area contributed by atoms with Gasteiger partial charge in [0, 0.05) is 25.2 Å². The molecule has 12 heteroatoms. The van der Waals surface area contributed by atoms with E-state index < -0.39 is 14.9 Å². The topological polar surface area (TPSA) is 99.0 Å². The quantitative estimate of drug-likeness (QED) is 0.420. The second-order valence-corrected chi connectivity index (χ2v) is 9.93. The van der Waals surface area contributed by atoms with Gasteiger partial charge in [-0.2, -0.15) is 4.31 Å². The average molecular weight is 496 g/mol. The molecule has 1 aliphatic heterocycles. The lowest BCUT2D eigenvalue weighted by atomic mass is 10.3. The van der Waals surface area contributed by atoms with Gasteiger partial charge in [0.15, 0.2) is 5.75 Å². The molecule has 30 heavy (non-hydrogen) atoms. The van der Waals surface area contributed by atoms with Crippen molar-refractivity contribution in [3.63, 3.8) is 0 Å². The molecule has 0 saturated carbocycles. The van der Waals surface area contributed by atoms with Gasteiger partial charge in [0.2, 0.25) is 10.0 Å². The third-order valence-corrected chi connectivity index (χ3v) is 7.00. The zero-order chi connectivity index (χ0) is 22.2. The summed E-state index contributed by atoms with van der Waals surface area (Å²) in [6, 6.07) is 6.11. The van der Waals surface area contributed by atoms with E-state index in [4.69, 9.17) is 44.3 Å². The van der Waals surface area contributed by atoms with Crippen molar-refractivity contribution in [2.24, 2.45) is 0 Å². The number of hydrogen-bond acceptors (Lipinski definition) is 6. The molecule has 1 heterocycles. The normalized spacial score (nSPS) is 20.2. The molecule has 0 amide bonds. The highest BCUT2D eigenvalue weighted by molar-refractivity contribution is 7.89. The van der Waals surface area contributed by atoms with Crippen molar-refractivity contribution in [3.05, 3.63) is 55.5 Å². The second-order valence-electron chi connectivity index (χ2n) is 6.77. The van der Waals surface area contributed by atoms with Gasteiger partial charge in [0.1, 0.15) is 5.75 Å². The summed E-state index contributed by atoms with van der Waals surface area (Å²) in [6.07, 6.45) is -0.497. The van der Waals surface area contributed by atoms with Gasteiger partial charge in [-0.3, -0.25) is 10.1 Å². The Labute approximate surface area is 188 Å². The first-order chi connectivity index (χ1) is 14.0. The summed E-state index contributed by atoms with van der Waals surface area (Å²) in [5, 5.41) is 10.7. The number of nitro benzene ring substituents is 1. The Morgan fingerprint density at radius 3 is 2.13 bits per heavy atom. The fraction of sp³-hybridized carbons (Fsp3) is 0.333. The number of non-ortho nitro benzene ring substituents is 1. The molecule has 0 aliphatic carbocycles. The highest BCUT2D eigenvalue weighted by Crippen LogP contribution is 2.41. The van der Waals surface area contributed by atoms with Crippen molar-refractivity contribution in [1.29, 1.82) is 0 Å². The standard InChI is InChI=1S/C18H17Cl3N2O6S/c1-10-8-22(9-11(2)28-10)30(26,27)13-6-15(20)18(16(21)7-13)29-17-4-3-12(23(24)25)5-14(17)19/h3-7,10-11H,8-9H2,1-2H3/t10-,11-/m0/s1. The zero-order valence-corrected chi connectivity index (χ0v) is 18.9. The number of ether oxygens (including phenoxy) is 2. The second kappa shape index (κ2) is 8.86. The Morgan fingerprint density at radius 2 is 1.63 bits per heavy atom. The predicted molar refractivity (Wildman–Crippen MR) is 113 cm³/mol. The Kier molecular flexibility index (Phi) is 6.81. The number of nitro groups is 1. The number of morpholine rings is 1. The fourth-order valence-corrected chi connectivity index (χ4v) is 5.61. The molecule has 8 nitrogen and oxygen atoms in total. The number of hydrogen-bond donors (Lipinski definition) is 0. The van der Waals surface area contributed by atoms with Crippen molar-refractivity contribution in [3.8, 4) is 11.5 Å². The van der Waals surface area contributed by atoms with Gasteiger partial charge in [-0.25, -0.2) is 8.42 Å². The smallest absolute Gasteiger partial charge is 0.271 e. The van der Waals surface area contributed by atoms with Gasteiger partial charge in [0.05, 0.1) is 37.1 Å². The van der Waals surface area contributed by atoms with Crippen LogP contribution in [0.3, 0.4) is 0 Å². The van der Waals surface area contributed by atoms with E-state index in [1.54, 1.807) is 13.8 Å². The minimum Gasteiger partial charge on any atom is -0.453 e. The molecule has 1 fully saturated rings. The molecule has 0 spiro atoms. The Morgan fingerprint density at radius 1 is 1.07 bits per heavy atom. The van der Waals surface area contributed by atoms with Crippen LogP contribution in [0.1, 0.15) is 13.8 Å². The van der Waals surface area contributed by atoms with Crippen LogP contribution in [0.5, 0.6) is 11.5 Å². The molecular weight excluding hydrogens is 479 g/mol. The maximum Gasteiger partial charge on any atom is 0.271 e. The van der Waals surface area contributed by atoms with Gasteiger partial charge in [-0.15, -0.1) is 0 Å². The molecule has 2 aromatic carbocycles. The van der Waals surface area contributed by atoms with E-state index in [2.05, 4.69) is 0 Å². The highest BCUT2D eigenvalue weighted by atomic mass is 35.5. The zero-order valence-electron chi connectivity index (χ0n) is 15.8. The van der Waals surface area contributed by atoms with Gasteiger partial charge in [0.25, 0.3) is 5.69 Å². The van der Waals surface area contributed by atoms with E-state index in [1.165, 1.54) is 28.6 Å². The number of rotatable bonds is 5. The number of halogens is 3. The minimum absolute atomic E-state index is 0.0169. The van der Waals surface area contributed by atoms with E-state index in [0.29, 0.717) is 0 Å². The van der Waals surface area contributed by atoms with Gasteiger partial charge in [-0.1, -0.05) is 34.8 Å². The summed E-state index contributed by atoms with van der Waals surface area (Å²) >= 11 is 18.5. The summed E-state index contributed by atoms with van der Waals surface area (Å²) < 4.78 is 38.6. The molecule has 2 aromatic rings. The Bertz CT molecular complexity index is 1060. The van der Waals surface area contributed by atoms with Gasteiger partial charge >= 0.3 is 0 Å². The monoisotopic (exact) mass is 494 g/mol. The summed E-state index contributed by atoms with van der Waals surface area (Å²) in [5.41, 5.74) is -0.208. The van der Waals surface area contributed by atoms with Crippen molar-refractivity contribution in [2.45, 2.75) is 31.0 Å². The van der Waals surface area contributed by atoms with E-state index in [1.807, 2.05) is 0 Å². The molecule has 0 N–H and O–H groups in total. The average Bonchev–Trinajstić information content (AvgIpc) is 2.64. The van der Waals surface area contributed by atoms with Crippen LogP contribution >= 0.6 is 34.8 Å². The van der Waals surface area contributed by atoms with Gasteiger partial charge in [-0.05, 0) is 32.0 Å². The lowest BCUT2D eigenvalue weighted by Gasteiger charge is -2.34. The molecule has 1 saturated heterocycles. The van der Waals surface area contributed by atoms with Gasteiger partial charge < -0.3 is 9.47 Å². The first-order valence-corrected chi connectivity index (χ1v) is 11.3. The molecule has 1 aliphatic rings. The van der Waals surface area contributed by atoms with Crippen LogP contribution in [0.25, 0.3) is 0 Å². The summed E-state index contributed by atoms with van der Waals surface area (Å²) in [5.74, 6) is 0.0641. The van der Waals surface area contributed by atoms with E-state index >= 15 is 0 Å². The van der Waals surface area contributed by atoms with Crippen LogP contribution < -0.4 is 4.74 Å². The number of sulfonamides is 1. The van der Waals surface area contributed by atoms with Crippen molar-refractivity contribution >= 4 is 50.5 Å². The SMILES string of the molecule is C[C@H]1CN(S(=O)(=O)c2cc(Cl)c(Oc3ccc([N+](=O)[O-])cc3Cl)c(Cl)c2)C[C@H](C)O1. The fourth-order valence-electron chi connectivity index (χ4n) is 3.06. The summed E-state index contributed by atoms with van der Waals surface area (Å²) in [6.45, 7) is 4.00. The molecule has 2 atom stereocenters. The Hall–Kier alpha value is -1.62. The number of nitrogens with zero attached hydrogens (tertiary/aromatic N) is 2. The third-order valence-electron chi connectivity index (χ3n) is 4.33. The molecule has 3 rings (SSSR count). The van der Waals surface area contributed by atoms with Crippen LogP contribution in [0, 0.1) is 10.1 Å². The Balaban J connectivity index is 1.91. The lowest BCUT2D eigenvalue weighted by molar-refractivity contribution is -0.384. The molecule has 0 unspecified atom stereocenters. The lowest BCUT2D eigenvalue weighted by Crippen LogP contribution is -2.48. The highest BCUT2D eigenvalue weighted by Gasteiger charge is 2.33. The largest absolute Gasteiger partial charge is 0.453 e.